The van der Waals surface area contributed by atoms with E-state index in [1.807, 2.05) is 42.5 Å². The van der Waals surface area contributed by atoms with Crippen LogP contribution in [0, 0.1) is 0 Å². The number of hydrogen-bond acceptors (Lipinski definition) is 5. The van der Waals surface area contributed by atoms with E-state index in [0.717, 1.165) is 11.4 Å². The molecule has 8 nitrogen and oxygen atoms in total. The number of nitrogens with zero attached hydrogens (tertiary/aromatic N) is 1. The van der Waals surface area contributed by atoms with Crippen molar-refractivity contribution < 1.29 is 24.2 Å². The maximum atomic E-state index is 12.7. The van der Waals surface area contributed by atoms with Crippen molar-refractivity contribution in [1.82, 2.24) is 0 Å². The predicted molar refractivity (Wildman–Crippen MR) is 121 cm³/mol. The largest absolute Gasteiger partial charge is 0.479 e. The van der Waals surface area contributed by atoms with Crippen LogP contribution in [0.1, 0.15) is 17.3 Å². The van der Waals surface area contributed by atoms with Gasteiger partial charge in [0.1, 0.15) is 12.3 Å². The Bertz CT molecular complexity index is 1160. The Balaban J connectivity index is 1.46. The smallest absolute Gasteiger partial charge is 0.335 e. The fraction of sp³-hybridized carbons (Fsp3) is 0.125. The Hall–Kier alpha value is -4.33. The first-order valence-electron chi connectivity index (χ1n) is 9.98. The Morgan fingerprint density at radius 3 is 2.31 bits per heavy atom. The number of fused-ring (bicyclic) bond motifs is 1. The van der Waals surface area contributed by atoms with E-state index >= 15 is 0 Å². The molecule has 8 heteroatoms. The number of aromatic carboxylic acids is 1. The summed E-state index contributed by atoms with van der Waals surface area (Å²) in [6.45, 7) is 1.31. The highest BCUT2D eigenvalue weighted by Gasteiger charge is 2.33. The van der Waals surface area contributed by atoms with E-state index in [-0.39, 0.29) is 17.8 Å². The molecule has 32 heavy (non-hydrogen) atoms. The Morgan fingerprint density at radius 2 is 1.62 bits per heavy atom. The van der Waals surface area contributed by atoms with Gasteiger partial charge in [0.05, 0.1) is 11.3 Å². The second kappa shape index (κ2) is 8.81. The number of benzene rings is 3. The van der Waals surface area contributed by atoms with Crippen molar-refractivity contribution >= 4 is 40.5 Å². The van der Waals surface area contributed by atoms with Crippen LogP contribution in [0.2, 0.25) is 0 Å². The standard InChI is InChI=1S/C24H21N3O5/c1-15-23(29)27(20-13-16(24(30)31)7-12-21(20)32-15)14-22(28)26-19-10-8-18(9-11-19)25-17-5-3-2-4-6-17/h2-13,15,25H,14H2,1H3,(H,26,28)(H,30,31). The van der Waals surface area contributed by atoms with Gasteiger partial charge in [-0.1, -0.05) is 18.2 Å². The molecule has 3 aromatic carbocycles. The molecule has 0 fully saturated rings. The molecule has 3 N–H and O–H groups in total. The van der Waals surface area contributed by atoms with Gasteiger partial charge in [0.15, 0.2) is 6.10 Å². The third-order valence-corrected chi connectivity index (χ3v) is 4.95. The van der Waals surface area contributed by atoms with Crippen molar-refractivity contribution in [2.45, 2.75) is 13.0 Å². The molecule has 1 unspecified atom stereocenters. The fourth-order valence-corrected chi connectivity index (χ4v) is 3.37. The molecule has 0 saturated heterocycles. The molecule has 0 bridgehead atoms. The first-order valence-corrected chi connectivity index (χ1v) is 9.98. The number of hydrogen-bond donors (Lipinski definition) is 3. The summed E-state index contributed by atoms with van der Waals surface area (Å²) in [6, 6.07) is 21.1. The molecule has 1 atom stereocenters. The third-order valence-electron chi connectivity index (χ3n) is 4.95. The number of rotatable bonds is 6. The number of carboxylic acids is 1. The van der Waals surface area contributed by atoms with Gasteiger partial charge in [-0.15, -0.1) is 0 Å². The van der Waals surface area contributed by atoms with Crippen LogP contribution in [0.15, 0.2) is 72.8 Å². The number of para-hydroxylation sites is 1. The van der Waals surface area contributed by atoms with Crippen LogP contribution in [-0.2, 0) is 9.59 Å². The molecule has 0 radical (unpaired) electrons. The van der Waals surface area contributed by atoms with E-state index in [2.05, 4.69) is 10.6 Å². The number of nitrogens with one attached hydrogen (secondary N) is 2. The van der Waals surface area contributed by atoms with Crippen molar-refractivity contribution in [3.05, 3.63) is 78.4 Å². The summed E-state index contributed by atoms with van der Waals surface area (Å²) in [4.78, 5) is 37.9. The summed E-state index contributed by atoms with van der Waals surface area (Å²) < 4.78 is 5.55. The van der Waals surface area contributed by atoms with E-state index in [1.54, 1.807) is 19.1 Å². The lowest BCUT2D eigenvalue weighted by atomic mass is 10.1. The number of carbonyl (C=O) groups excluding carboxylic acids is 2. The molecule has 162 valence electrons. The number of carboxylic acid groups (broad SMARTS) is 1. The first-order chi connectivity index (χ1) is 15.4. The lowest BCUT2D eigenvalue weighted by molar-refractivity contribution is -0.127. The van der Waals surface area contributed by atoms with Crippen LogP contribution in [0.25, 0.3) is 0 Å². The molecular weight excluding hydrogens is 410 g/mol. The highest BCUT2D eigenvalue weighted by atomic mass is 16.5. The van der Waals surface area contributed by atoms with E-state index < -0.39 is 23.9 Å². The molecule has 1 aliphatic rings. The van der Waals surface area contributed by atoms with Gasteiger partial charge in [0.2, 0.25) is 5.91 Å². The van der Waals surface area contributed by atoms with Gasteiger partial charge in [-0.25, -0.2) is 4.79 Å². The quantitative estimate of drug-likeness (QED) is 0.547. The van der Waals surface area contributed by atoms with Crippen LogP contribution in [0.5, 0.6) is 5.75 Å². The van der Waals surface area contributed by atoms with Crippen LogP contribution < -0.4 is 20.3 Å². The summed E-state index contributed by atoms with van der Waals surface area (Å²) in [5.74, 6) is -1.61. The molecule has 0 aromatic heterocycles. The van der Waals surface area contributed by atoms with Gasteiger partial charge in [0, 0.05) is 17.1 Å². The Kier molecular flexibility index (Phi) is 5.76. The normalized spacial score (nSPS) is 14.8. The van der Waals surface area contributed by atoms with Gasteiger partial charge in [-0.3, -0.25) is 14.5 Å². The van der Waals surface area contributed by atoms with E-state index in [0.29, 0.717) is 11.4 Å². The zero-order valence-electron chi connectivity index (χ0n) is 17.2. The molecule has 0 spiro atoms. The Morgan fingerprint density at radius 1 is 0.969 bits per heavy atom. The van der Waals surface area contributed by atoms with Gasteiger partial charge in [-0.05, 0) is 61.5 Å². The molecule has 1 aliphatic heterocycles. The average Bonchev–Trinajstić information content (AvgIpc) is 2.78. The Labute approximate surface area is 184 Å². The van der Waals surface area contributed by atoms with Crippen molar-refractivity contribution in [2.75, 3.05) is 22.1 Å². The van der Waals surface area contributed by atoms with Gasteiger partial charge >= 0.3 is 5.97 Å². The lowest BCUT2D eigenvalue weighted by Crippen LogP contribution is -2.47. The van der Waals surface area contributed by atoms with Crippen LogP contribution >= 0.6 is 0 Å². The predicted octanol–water partition coefficient (Wildman–Crippen LogP) is 3.88. The second-order valence-corrected chi connectivity index (χ2v) is 7.29. The van der Waals surface area contributed by atoms with E-state index in [4.69, 9.17) is 4.74 Å². The fourth-order valence-electron chi connectivity index (χ4n) is 3.37. The summed E-state index contributed by atoms with van der Waals surface area (Å²) in [6.07, 6.45) is -0.783. The van der Waals surface area contributed by atoms with Crippen LogP contribution in [0.3, 0.4) is 0 Å². The van der Waals surface area contributed by atoms with Gasteiger partial charge in [0.25, 0.3) is 5.91 Å². The zero-order valence-corrected chi connectivity index (χ0v) is 17.2. The van der Waals surface area contributed by atoms with Crippen molar-refractivity contribution in [1.29, 1.82) is 0 Å². The van der Waals surface area contributed by atoms with Gasteiger partial charge < -0.3 is 20.5 Å². The van der Waals surface area contributed by atoms with E-state index in [1.165, 1.54) is 23.1 Å². The molecule has 2 amide bonds. The highest BCUT2D eigenvalue weighted by molar-refractivity contribution is 6.07. The molecule has 0 aliphatic carbocycles. The van der Waals surface area contributed by atoms with Crippen molar-refractivity contribution in [3.63, 3.8) is 0 Å². The molecule has 1 heterocycles. The molecule has 3 aromatic rings. The molecule has 4 rings (SSSR count). The van der Waals surface area contributed by atoms with Crippen LogP contribution in [-0.4, -0.2) is 35.5 Å². The number of amides is 2. The summed E-state index contributed by atoms with van der Waals surface area (Å²) in [5, 5.41) is 15.3. The first kappa shape index (κ1) is 20.9. The number of carbonyl (C=O) groups is 3. The third kappa shape index (κ3) is 4.54. The zero-order chi connectivity index (χ0) is 22.7. The minimum absolute atomic E-state index is 0.00150. The summed E-state index contributed by atoms with van der Waals surface area (Å²) in [5.41, 5.74) is 2.64. The number of anilines is 4. The lowest BCUT2D eigenvalue weighted by Gasteiger charge is -2.32. The van der Waals surface area contributed by atoms with Gasteiger partial charge in [-0.2, -0.15) is 0 Å². The second-order valence-electron chi connectivity index (χ2n) is 7.29. The average molecular weight is 431 g/mol. The van der Waals surface area contributed by atoms with E-state index in [9.17, 15) is 19.5 Å². The maximum Gasteiger partial charge on any atom is 0.335 e. The monoisotopic (exact) mass is 431 g/mol. The molecular formula is C24H21N3O5. The highest BCUT2D eigenvalue weighted by Crippen LogP contribution is 2.35. The molecule has 0 saturated carbocycles. The van der Waals surface area contributed by atoms with Crippen LogP contribution in [0.4, 0.5) is 22.7 Å². The van der Waals surface area contributed by atoms with Crippen molar-refractivity contribution in [3.8, 4) is 5.75 Å². The minimum atomic E-state index is -1.13. The topological polar surface area (TPSA) is 108 Å². The number of ether oxygens (including phenoxy) is 1. The SMILES string of the molecule is CC1Oc2ccc(C(=O)O)cc2N(CC(=O)Nc2ccc(Nc3ccccc3)cc2)C1=O. The summed E-state index contributed by atoms with van der Waals surface area (Å²) in [7, 11) is 0. The minimum Gasteiger partial charge on any atom is -0.479 e. The van der Waals surface area contributed by atoms with Crippen molar-refractivity contribution in [2.24, 2.45) is 0 Å². The maximum absolute atomic E-state index is 12.7. The summed E-state index contributed by atoms with van der Waals surface area (Å²) >= 11 is 0.